The summed E-state index contributed by atoms with van der Waals surface area (Å²) in [6, 6.07) is 6.73. The molecule has 10 heteroatoms. The molecule has 0 aromatic heterocycles. The van der Waals surface area contributed by atoms with Gasteiger partial charge in [-0.05, 0) is 18.2 Å². The SMILES string of the molecule is O=C(Nc1cc(Cl)c(Cl)c(Cl)c1Cl)NC1C=C(O)C(=O)Nc2ccccc21. The molecule has 4 N–H and O–H groups in total. The van der Waals surface area contributed by atoms with Gasteiger partial charge in [0, 0.05) is 11.3 Å². The van der Waals surface area contributed by atoms with Gasteiger partial charge in [-0.1, -0.05) is 64.6 Å². The molecule has 27 heavy (non-hydrogen) atoms. The van der Waals surface area contributed by atoms with Crippen molar-refractivity contribution in [3.05, 3.63) is 67.8 Å². The normalized spacial score (nSPS) is 15.9. The number of fused-ring (bicyclic) bond motifs is 1. The topological polar surface area (TPSA) is 90.5 Å². The lowest BCUT2D eigenvalue weighted by Gasteiger charge is -2.18. The molecule has 2 aromatic rings. The lowest BCUT2D eigenvalue weighted by Crippen LogP contribution is -2.32. The Bertz CT molecular complexity index is 978. The van der Waals surface area contributed by atoms with Crippen molar-refractivity contribution in [1.82, 2.24) is 5.32 Å². The van der Waals surface area contributed by atoms with Crippen molar-refractivity contribution >= 4 is 69.7 Å². The summed E-state index contributed by atoms with van der Waals surface area (Å²) >= 11 is 23.9. The highest BCUT2D eigenvalue weighted by molar-refractivity contribution is 6.52. The molecular weight excluding hydrogens is 436 g/mol. The van der Waals surface area contributed by atoms with Gasteiger partial charge in [-0.15, -0.1) is 0 Å². The maximum atomic E-state index is 12.4. The number of aliphatic hydroxyl groups excluding tert-OH is 1. The molecule has 0 spiro atoms. The van der Waals surface area contributed by atoms with Gasteiger partial charge in [0.25, 0.3) is 5.91 Å². The van der Waals surface area contributed by atoms with E-state index >= 15 is 0 Å². The maximum Gasteiger partial charge on any atom is 0.320 e. The van der Waals surface area contributed by atoms with Crippen molar-refractivity contribution in [2.24, 2.45) is 0 Å². The fraction of sp³-hybridized carbons (Fsp3) is 0.0588. The lowest BCUT2D eigenvalue weighted by molar-refractivity contribution is -0.115. The number of anilines is 2. The molecular formula is C17H11Cl4N3O3. The minimum absolute atomic E-state index is 0.00767. The van der Waals surface area contributed by atoms with Crippen LogP contribution in [0.15, 0.2) is 42.2 Å². The molecule has 0 radical (unpaired) electrons. The summed E-state index contributed by atoms with van der Waals surface area (Å²) in [6.45, 7) is 0. The summed E-state index contributed by atoms with van der Waals surface area (Å²) in [4.78, 5) is 24.3. The molecule has 0 saturated carbocycles. The first-order chi connectivity index (χ1) is 12.8. The quantitative estimate of drug-likeness (QED) is 0.359. The van der Waals surface area contributed by atoms with Gasteiger partial charge in [0.2, 0.25) is 0 Å². The fourth-order valence-electron chi connectivity index (χ4n) is 2.47. The second-order valence-electron chi connectivity index (χ2n) is 5.52. The van der Waals surface area contributed by atoms with Gasteiger partial charge in [-0.25, -0.2) is 4.79 Å². The summed E-state index contributed by atoms with van der Waals surface area (Å²) in [5.74, 6) is -1.20. The van der Waals surface area contributed by atoms with Crippen LogP contribution in [0.3, 0.4) is 0 Å². The van der Waals surface area contributed by atoms with Crippen molar-refractivity contribution in [1.29, 1.82) is 0 Å². The van der Waals surface area contributed by atoms with Crippen molar-refractivity contribution < 1.29 is 14.7 Å². The largest absolute Gasteiger partial charge is 0.503 e. The molecule has 1 atom stereocenters. The molecule has 1 unspecified atom stereocenters. The first-order valence-electron chi connectivity index (χ1n) is 7.49. The maximum absolute atomic E-state index is 12.4. The zero-order chi connectivity index (χ0) is 19.7. The minimum Gasteiger partial charge on any atom is -0.503 e. The summed E-state index contributed by atoms with van der Waals surface area (Å²) in [5.41, 5.74) is 1.20. The molecule has 140 valence electrons. The van der Waals surface area contributed by atoms with E-state index in [4.69, 9.17) is 46.4 Å². The number of hydrogen-bond acceptors (Lipinski definition) is 3. The molecule has 3 amide bonds. The van der Waals surface area contributed by atoms with Gasteiger partial charge in [0.05, 0.1) is 31.8 Å². The predicted molar refractivity (Wildman–Crippen MR) is 107 cm³/mol. The number of urea groups is 1. The lowest BCUT2D eigenvalue weighted by atomic mass is 10.1. The highest BCUT2D eigenvalue weighted by Gasteiger charge is 2.24. The Kier molecular flexibility index (Phi) is 5.72. The van der Waals surface area contributed by atoms with E-state index in [9.17, 15) is 14.7 Å². The van der Waals surface area contributed by atoms with Crippen LogP contribution in [0.4, 0.5) is 16.2 Å². The Hall–Kier alpha value is -2.12. The van der Waals surface area contributed by atoms with Crippen molar-refractivity contribution in [2.45, 2.75) is 6.04 Å². The third-order valence-electron chi connectivity index (χ3n) is 3.74. The summed E-state index contributed by atoms with van der Waals surface area (Å²) in [6.07, 6.45) is 1.23. The van der Waals surface area contributed by atoms with E-state index in [1.54, 1.807) is 24.3 Å². The van der Waals surface area contributed by atoms with Crippen LogP contribution in [0.5, 0.6) is 0 Å². The number of hydrogen-bond donors (Lipinski definition) is 4. The van der Waals surface area contributed by atoms with E-state index in [-0.39, 0.29) is 25.8 Å². The Morgan fingerprint density at radius 1 is 1.07 bits per heavy atom. The number of halogens is 4. The van der Waals surface area contributed by atoms with E-state index in [0.29, 0.717) is 11.3 Å². The van der Waals surface area contributed by atoms with Crippen molar-refractivity contribution in [3.8, 4) is 0 Å². The molecule has 0 saturated heterocycles. The first-order valence-corrected chi connectivity index (χ1v) is 9.00. The van der Waals surface area contributed by atoms with Crippen molar-refractivity contribution in [3.63, 3.8) is 0 Å². The molecule has 1 aliphatic heterocycles. The summed E-state index contributed by atoms with van der Waals surface area (Å²) < 4.78 is 0. The molecule has 0 fully saturated rings. The zero-order valence-corrected chi connectivity index (χ0v) is 16.3. The standard InChI is InChI=1S/C17H11Cl4N3O3/c18-8-5-11(14(20)15(21)13(8)19)24-17(27)23-10-6-12(25)16(26)22-9-4-2-1-3-7(9)10/h1-6,10,25H,(H,22,26)(H2,23,24,27). The fourth-order valence-corrected chi connectivity index (χ4v) is 3.32. The first kappa shape index (κ1) is 19.6. The van der Waals surface area contributed by atoms with E-state index in [2.05, 4.69) is 16.0 Å². The Morgan fingerprint density at radius 3 is 2.52 bits per heavy atom. The molecule has 3 rings (SSSR count). The molecule has 6 nitrogen and oxygen atoms in total. The third kappa shape index (κ3) is 4.09. The average molecular weight is 447 g/mol. The van der Waals surface area contributed by atoms with E-state index in [1.165, 1.54) is 12.1 Å². The number of amides is 3. The molecule has 1 aliphatic rings. The number of aliphatic hydroxyl groups is 1. The van der Waals surface area contributed by atoms with Gasteiger partial charge < -0.3 is 21.1 Å². The number of benzene rings is 2. The molecule has 2 aromatic carbocycles. The summed E-state index contributed by atoms with van der Waals surface area (Å²) in [7, 11) is 0. The number of nitrogens with one attached hydrogen (secondary N) is 3. The predicted octanol–water partition coefficient (Wildman–Crippen LogP) is 5.56. The Balaban J connectivity index is 1.87. The second-order valence-corrected chi connectivity index (χ2v) is 7.06. The smallest absolute Gasteiger partial charge is 0.320 e. The van der Waals surface area contributed by atoms with Crippen LogP contribution in [-0.4, -0.2) is 17.0 Å². The van der Waals surface area contributed by atoms with E-state index < -0.39 is 23.7 Å². The number of para-hydroxylation sites is 1. The van der Waals surface area contributed by atoms with Crippen LogP contribution >= 0.6 is 46.4 Å². The van der Waals surface area contributed by atoms with E-state index in [1.807, 2.05) is 0 Å². The number of carbonyl (C=O) groups is 2. The molecule has 1 heterocycles. The number of rotatable bonds is 2. The second kappa shape index (κ2) is 7.86. The highest BCUT2D eigenvalue weighted by Crippen LogP contribution is 2.40. The van der Waals surface area contributed by atoms with Gasteiger partial charge in [0.15, 0.2) is 5.76 Å². The van der Waals surface area contributed by atoms with Crippen LogP contribution in [0, 0.1) is 0 Å². The zero-order valence-electron chi connectivity index (χ0n) is 13.3. The van der Waals surface area contributed by atoms with Gasteiger partial charge in [-0.2, -0.15) is 0 Å². The van der Waals surface area contributed by atoms with Crippen LogP contribution in [0.2, 0.25) is 20.1 Å². The van der Waals surface area contributed by atoms with Crippen molar-refractivity contribution in [2.75, 3.05) is 10.6 Å². The summed E-state index contributed by atoms with van der Waals surface area (Å²) in [5, 5.41) is 17.8. The van der Waals surface area contributed by atoms with Crippen LogP contribution in [-0.2, 0) is 4.79 Å². The highest BCUT2D eigenvalue weighted by atomic mass is 35.5. The minimum atomic E-state index is -0.780. The van der Waals surface area contributed by atoms with Gasteiger partial charge in [-0.3, -0.25) is 4.79 Å². The monoisotopic (exact) mass is 445 g/mol. The van der Waals surface area contributed by atoms with Gasteiger partial charge >= 0.3 is 6.03 Å². The number of carbonyl (C=O) groups excluding carboxylic acids is 2. The van der Waals surface area contributed by atoms with Crippen LogP contribution < -0.4 is 16.0 Å². The van der Waals surface area contributed by atoms with Crippen LogP contribution in [0.25, 0.3) is 0 Å². The Labute approximate surface area is 174 Å². The molecule has 0 aliphatic carbocycles. The average Bonchev–Trinajstić information content (AvgIpc) is 2.75. The van der Waals surface area contributed by atoms with Crippen LogP contribution in [0.1, 0.15) is 11.6 Å². The van der Waals surface area contributed by atoms with Gasteiger partial charge in [0.1, 0.15) is 0 Å². The molecule has 0 bridgehead atoms. The van der Waals surface area contributed by atoms with E-state index in [0.717, 1.165) is 0 Å². The third-order valence-corrected chi connectivity index (χ3v) is 5.49. The Morgan fingerprint density at radius 2 is 1.78 bits per heavy atom.